The van der Waals surface area contributed by atoms with E-state index < -0.39 is 23.8 Å². The summed E-state index contributed by atoms with van der Waals surface area (Å²) in [6.45, 7) is 3.81. The Kier molecular flexibility index (Phi) is 8.10. The molecule has 0 bridgehead atoms. The number of benzene rings is 4. The number of nitrogens with zero attached hydrogens (tertiary/aromatic N) is 3. The largest absolute Gasteiger partial charge is 0.418 e. The molecule has 1 heterocycles. The molecule has 5 rings (SSSR count). The van der Waals surface area contributed by atoms with Crippen LogP contribution in [0.5, 0.6) is 0 Å². The van der Waals surface area contributed by atoms with Crippen molar-refractivity contribution in [2.75, 3.05) is 11.9 Å². The Labute approximate surface area is 241 Å². The highest BCUT2D eigenvalue weighted by molar-refractivity contribution is 5.90. The van der Waals surface area contributed by atoms with E-state index in [1.807, 2.05) is 49.4 Å². The number of amides is 2. The summed E-state index contributed by atoms with van der Waals surface area (Å²) >= 11 is 0. The Balaban J connectivity index is 1.61. The van der Waals surface area contributed by atoms with Crippen molar-refractivity contribution in [1.29, 1.82) is 0 Å². The molecule has 0 aliphatic carbocycles. The SMILES string of the molecule is Cc1ccc(-n2c(C(C)N(CCc3ccccc3)C(=O)Nc3ccccc3C(F)(F)F)nc3ccccc3c2=O)cc1. The minimum atomic E-state index is -4.66. The maximum absolute atomic E-state index is 13.8. The highest BCUT2D eigenvalue weighted by Crippen LogP contribution is 2.35. The van der Waals surface area contributed by atoms with Gasteiger partial charge in [-0.25, -0.2) is 9.78 Å². The van der Waals surface area contributed by atoms with E-state index >= 15 is 0 Å². The molecule has 0 saturated carbocycles. The van der Waals surface area contributed by atoms with E-state index in [0.29, 0.717) is 23.0 Å². The van der Waals surface area contributed by atoms with Crippen LogP contribution in [0.15, 0.2) is 108 Å². The van der Waals surface area contributed by atoms with E-state index in [4.69, 9.17) is 4.98 Å². The highest BCUT2D eigenvalue weighted by atomic mass is 19.4. The quantitative estimate of drug-likeness (QED) is 0.220. The summed E-state index contributed by atoms with van der Waals surface area (Å²) in [4.78, 5) is 33.9. The maximum Gasteiger partial charge on any atom is 0.418 e. The number of anilines is 1. The zero-order valence-electron chi connectivity index (χ0n) is 23.1. The van der Waals surface area contributed by atoms with Gasteiger partial charge in [-0.05, 0) is 62.2 Å². The van der Waals surface area contributed by atoms with Gasteiger partial charge in [0.2, 0.25) is 0 Å². The number of hydrogen-bond acceptors (Lipinski definition) is 3. The number of rotatable bonds is 7. The van der Waals surface area contributed by atoms with Gasteiger partial charge in [-0.1, -0.05) is 72.3 Å². The van der Waals surface area contributed by atoms with Crippen LogP contribution in [0.4, 0.5) is 23.7 Å². The Bertz CT molecular complexity index is 1770. The minimum Gasteiger partial charge on any atom is -0.314 e. The molecule has 1 atom stereocenters. The van der Waals surface area contributed by atoms with E-state index in [1.54, 1.807) is 43.3 Å². The molecule has 0 saturated heterocycles. The van der Waals surface area contributed by atoms with Gasteiger partial charge in [-0.15, -0.1) is 0 Å². The molecule has 4 aromatic carbocycles. The lowest BCUT2D eigenvalue weighted by Gasteiger charge is -2.31. The van der Waals surface area contributed by atoms with E-state index in [-0.39, 0.29) is 23.6 Å². The fourth-order valence-electron chi connectivity index (χ4n) is 4.90. The van der Waals surface area contributed by atoms with Crippen molar-refractivity contribution >= 4 is 22.6 Å². The van der Waals surface area contributed by atoms with Crippen LogP contribution >= 0.6 is 0 Å². The molecular weight excluding hydrogens is 541 g/mol. The lowest BCUT2D eigenvalue weighted by molar-refractivity contribution is -0.136. The molecule has 214 valence electrons. The van der Waals surface area contributed by atoms with Crippen LogP contribution in [0.2, 0.25) is 0 Å². The molecule has 0 spiro atoms. The van der Waals surface area contributed by atoms with Gasteiger partial charge in [0.15, 0.2) is 0 Å². The molecule has 1 N–H and O–H groups in total. The van der Waals surface area contributed by atoms with Crippen LogP contribution < -0.4 is 10.9 Å². The highest BCUT2D eigenvalue weighted by Gasteiger charge is 2.35. The lowest BCUT2D eigenvalue weighted by atomic mass is 10.1. The third-order valence-corrected chi connectivity index (χ3v) is 7.15. The van der Waals surface area contributed by atoms with Gasteiger partial charge in [0.25, 0.3) is 5.56 Å². The summed E-state index contributed by atoms with van der Waals surface area (Å²) < 4.78 is 42.7. The molecule has 0 fully saturated rings. The molecule has 0 aliphatic heterocycles. The number of alkyl halides is 3. The van der Waals surface area contributed by atoms with Crippen molar-refractivity contribution in [2.45, 2.75) is 32.5 Å². The second-order valence-electron chi connectivity index (χ2n) is 10.0. The number of fused-ring (bicyclic) bond motifs is 1. The molecule has 6 nitrogen and oxygen atoms in total. The van der Waals surface area contributed by atoms with Gasteiger partial charge in [0, 0.05) is 6.54 Å². The molecule has 42 heavy (non-hydrogen) atoms. The number of urea groups is 1. The first kappa shape index (κ1) is 28.6. The van der Waals surface area contributed by atoms with Gasteiger partial charge in [0.1, 0.15) is 5.82 Å². The van der Waals surface area contributed by atoms with Gasteiger partial charge in [-0.3, -0.25) is 9.36 Å². The molecular formula is C33H29F3N4O2. The first-order chi connectivity index (χ1) is 20.1. The number of aryl methyl sites for hydroxylation is 1. The van der Waals surface area contributed by atoms with Crippen molar-refractivity contribution in [3.05, 3.63) is 136 Å². The molecule has 0 aliphatic rings. The number of aromatic nitrogens is 2. The van der Waals surface area contributed by atoms with Gasteiger partial charge in [-0.2, -0.15) is 13.2 Å². The van der Waals surface area contributed by atoms with E-state index in [0.717, 1.165) is 17.2 Å². The first-order valence-electron chi connectivity index (χ1n) is 13.5. The molecule has 0 radical (unpaired) electrons. The fourth-order valence-corrected chi connectivity index (χ4v) is 4.90. The molecule has 5 aromatic rings. The number of halogens is 3. The maximum atomic E-state index is 13.8. The lowest BCUT2D eigenvalue weighted by Crippen LogP contribution is -2.41. The summed E-state index contributed by atoms with van der Waals surface area (Å²) in [6, 6.07) is 27.1. The van der Waals surface area contributed by atoms with E-state index in [2.05, 4.69) is 5.32 Å². The first-order valence-corrected chi connectivity index (χ1v) is 13.5. The Morgan fingerprint density at radius 3 is 2.26 bits per heavy atom. The van der Waals surface area contributed by atoms with Gasteiger partial charge >= 0.3 is 12.2 Å². The topological polar surface area (TPSA) is 67.2 Å². The zero-order valence-corrected chi connectivity index (χ0v) is 23.1. The second-order valence-corrected chi connectivity index (χ2v) is 10.0. The number of para-hydroxylation sites is 2. The standard InChI is InChI=1S/C33H29F3N4O2/c1-22-16-18-25(19-17-22)40-30(37-28-14-8-6-12-26(28)31(40)41)23(2)39(21-20-24-10-4-3-5-11-24)32(42)38-29-15-9-7-13-27(29)33(34,35)36/h3-19,23H,20-21H2,1-2H3,(H,38,42). The fraction of sp³-hybridized carbons (Fsp3) is 0.182. The Morgan fingerprint density at radius 2 is 1.55 bits per heavy atom. The molecule has 9 heteroatoms. The molecule has 1 unspecified atom stereocenters. The van der Waals surface area contributed by atoms with Gasteiger partial charge < -0.3 is 10.2 Å². The van der Waals surface area contributed by atoms with Crippen molar-refractivity contribution in [2.24, 2.45) is 0 Å². The predicted octanol–water partition coefficient (Wildman–Crippen LogP) is 7.55. The average Bonchev–Trinajstić information content (AvgIpc) is 2.98. The Hall–Kier alpha value is -4.92. The van der Waals surface area contributed by atoms with Crippen molar-refractivity contribution in [3.63, 3.8) is 0 Å². The van der Waals surface area contributed by atoms with E-state index in [9.17, 15) is 22.8 Å². The van der Waals surface area contributed by atoms with Crippen LogP contribution in [0.1, 0.15) is 35.5 Å². The van der Waals surface area contributed by atoms with Crippen LogP contribution in [-0.4, -0.2) is 27.0 Å². The zero-order chi connectivity index (χ0) is 29.9. The third kappa shape index (κ3) is 6.05. The summed E-state index contributed by atoms with van der Waals surface area (Å²) in [5.41, 5.74) is 1.36. The average molecular weight is 571 g/mol. The van der Waals surface area contributed by atoms with Crippen LogP contribution in [0, 0.1) is 6.92 Å². The summed E-state index contributed by atoms with van der Waals surface area (Å²) in [6.07, 6.45) is -4.22. The normalized spacial score (nSPS) is 12.2. The molecule has 1 aromatic heterocycles. The number of nitrogens with one attached hydrogen (secondary N) is 1. The summed E-state index contributed by atoms with van der Waals surface area (Å²) in [7, 11) is 0. The van der Waals surface area contributed by atoms with E-state index in [1.165, 1.54) is 27.7 Å². The smallest absolute Gasteiger partial charge is 0.314 e. The van der Waals surface area contributed by atoms with Crippen molar-refractivity contribution in [3.8, 4) is 5.69 Å². The molecule has 2 amide bonds. The Morgan fingerprint density at radius 1 is 0.905 bits per heavy atom. The minimum absolute atomic E-state index is 0.155. The summed E-state index contributed by atoms with van der Waals surface area (Å²) in [5, 5.41) is 2.88. The summed E-state index contributed by atoms with van der Waals surface area (Å²) in [5.74, 6) is 0.287. The van der Waals surface area contributed by atoms with Crippen molar-refractivity contribution < 1.29 is 18.0 Å². The number of hydrogen-bond donors (Lipinski definition) is 1. The number of carbonyl (C=O) groups is 1. The second kappa shape index (κ2) is 11.9. The van der Waals surface area contributed by atoms with Crippen molar-refractivity contribution in [1.82, 2.24) is 14.5 Å². The van der Waals surface area contributed by atoms with Crippen LogP contribution in [0.3, 0.4) is 0 Å². The third-order valence-electron chi connectivity index (χ3n) is 7.15. The monoisotopic (exact) mass is 570 g/mol. The predicted molar refractivity (Wildman–Crippen MR) is 158 cm³/mol. The van der Waals surface area contributed by atoms with Gasteiger partial charge in [0.05, 0.1) is 33.9 Å². The van der Waals surface area contributed by atoms with Crippen LogP contribution in [0.25, 0.3) is 16.6 Å². The number of carbonyl (C=O) groups excluding carboxylic acids is 1. The van der Waals surface area contributed by atoms with Crippen LogP contribution in [-0.2, 0) is 12.6 Å².